The average molecular weight is 448 g/mol. The largest absolute Gasteiger partial charge is 0.497 e. The van der Waals surface area contributed by atoms with Gasteiger partial charge in [-0.1, -0.05) is 31.9 Å². The number of benzene rings is 1. The molecule has 1 aliphatic rings. The van der Waals surface area contributed by atoms with Crippen molar-refractivity contribution in [3.8, 4) is 5.75 Å². The Bertz CT molecular complexity index is 661. The van der Waals surface area contributed by atoms with Crippen LogP contribution in [0.3, 0.4) is 0 Å². The molecule has 124 valence electrons. The Hall–Kier alpha value is -1.54. The highest BCUT2D eigenvalue weighted by atomic mass is 79.9. The summed E-state index contributed by atoms with van der Waals surface area (Å²) in [5.41, 5.74) is 1.55. The molecule has 0 bridgehead atoms. The van der Waals surface area contributed by atoms with Gasteiger partial charge < -0.3 is 20.1 Å². The van der Waals surface area contributed by atoms with Crippen molar-refractivity contribution in [1.29, 1.82) is 0 Å². The Morgan fingerprint density at radius 3 is 2.74 bits per heavy atom. The highest BCUT2D eigenvalue weighted by molar-refractivity contribution is 9.10. The van der Waals surface area contributed by atoms with Crippen LogP contribution < -0.4 is 15.4 Å². The molecule has 2 N–H and O–H groups in total. The standard InChI is InChI=1S/C15H16Br2N2O4/c1-3-23-14(20)12-11(7-16)18-15(21)19-13(12)9-6-8(22-2)4-5-10(9)17/h4-6,13H,3,7H2,1-2H3,(H2,18,19,21)/t13-/m0/s1. The van der Waals surface area contributed by atoms with Gasteiger partial charge >= 0.3 is 12.0 Å². The zero-order valence-corrected chi connectivity index (χ0v) is 15.8. The molecule has 0 fully saturated rings. The number of ether oxygens (including phenoxy) is 2. The van der Waals surface area contributed by atoms with Gasteiger partial charge in [0.05, 0.1) is 25.3 Å². The summed E-state index contributed by atoms with van der Waals surface area (Å²) in [6.45, 7) is 1.98. The molecular formula is C15H16Br2N2O4. The number of allylic oxidation sites excluding steroid dienone is 1. The van der Waals surface area contributed by atoms with Crippen LogP contribution in [0.4, 0.5) is 4.79 Å². The van der Waals surface area contributed by atoms with Gasteiger partial charge in [-0.2, -0.15) is 0 Å². The maximum Gasteiger partial charge on any atom is 0.338 e. The lowest BCUT2D eigenvalue weighted by atomic mass is 9.95. The molecule has 2 amide bonds. The van der Waals surface area contributed by atoms with Crippen LogP contribution in [0.25, 0.3) is 0 Å². The number of methoxy groups -OCH3 is 1. The number of rotatable bonds is 5. The Labute approximate surface area is 150 Å². The predicted molar refractivity (Wildman–Crippen MR) is 92.6 cm³/mol. The molecule has 8 heteroatoms. The maximum atomic E-state index is 12.4. The minimum Gasteiger partial charge on any atom is -0.497 e. The summed E-state index contributed by atoms with van der Waals surface area (Å²) in [4.78, 5) is 24.3. The molecule has 1 atom stereocenters. The van der Waals surface area contributed by atoms with Crippen LogP contribution in [0.1, 0.15) is 18.5 Å². The molecule has 0 saturated heterocycles. The number of halogens is 2. The van der Waals surface area contributed by atoms with Crippen molar-refractivity contribution in [2.24, 2.45) is 0 Å². The lowest BCUT2D eigenvalue weighted by Gasteiger charge is -2.29. The minimum atomic E-state index is -0.639. The van der Waals surface area contributed by atoms with E-state index >= 15 is 0 Å². The van der Waals surface area contributed by atoms with E-state index < -0.39 is 12.0 Å². The van der Waals surface area contributed by atoms with E-state index in [9.17, 15) is 9.59 Å². The number of hydrogen-bond acceptors (Lipinski definition) is 4. The van der Waals surface area contributed by atoms with Crippen molar-refractivity contribution < 1.29 is 19.1 Å². The van der Waals surface area contributed by atoms with E-state index in [0.717, 1.165) is 4.47 Å². The molecule has 0 spiro atoms. The van der Waals surface area contributed by atoms with Gasteiger partial charge in [-0.05, 0) is 30.7 Å². The topological polar surface area (TPSA) is 76.7 Å². The first-order chi connectivity index (χ1) is 11.0. The third kappa shape index (κ3) is 3.87. The van der Waals surface area contributed by atoms with Crippen LogP contribution in [0.2, 0.25) is 0 Å². The first-order valence-corrected chi connectivity index (χ1v) is 8.80. The number of hydrogen-bond donors (Lipinski definition) is 2. The van der Waals surface area contributed by atoms with Gasteiger partial charge in [0.15, 0.2) is 0 Å². The Balaban J connectivity index is 2.56. The lowest BCUT2D eigenvalue weighted by Crippen LogP contribution is -2.46. The van der Waals surface area contributed by atoms with Gasteiger partial charge in [-0.3, -0.25) is 0 Å². The monoisotopic (exact) mass is 446 g/mol. The van der Waals surface area contributed by atoms with E-state index in [4.69, 9.17) is 9.47 Å². The molecule has 2 rings (SSSR count). The summed E-state index contributed by atoms with van der Waals surface area (Å²) in [5.74, 6) is 0.147. The van der Waals surface area contributed by atoms with Crippen molar-refractivity contribution in [3.63, 3.8) is 0 Å². The highest BCUT2D eigenvalue weighted by Gasteiger charge is 2.34. The zero-order chi connectivity index (χ0) is 17.0. The number of nitrogens with one attached hydrogen (secondary N) is 2. The van der Waals surface area contributed by atoms with Crippen LogP contribution in [-0.2, 0) is 9.53 Å². The van der Waals surface area contributed by atoms with Gasteiger partial charge in [0.2, 0.25) is 0 Å². The second-order valence-electron chi connectivity index (χ2n) is 4.67. The summed E-state index contributed by atoms with van der Waals surface area (Å²) in [5, 5.41) is 5.73. The summed E-state index contributed by atoms with van der Waals surface area (Å²) in [6, 6.07) is 4.34. The molecule has 1 aromatic rings. The van der Waals surface area contributed by atoms with E-state index in [1.165, 1.54) is 0 Å². The third-order valence-electron chi connectivity index (χ3n) is 3.30. The fourth-order valence-corrected chi connectivity index (χ4v) is 3.19. The van der Waals surface area contributed by atoms with Crippen molar-refractivity contribution in [2.75, 3.05) is 19.0 Å². The van der Waals surface area contributed by atoms with E-state index in [-0.39, 0.29) is 12.6 Å². The Morgan fingerprint density at radius 2 is 2.13 bits per heavy atom. The van der Waals surface area contributed by atoms with Crippen LogP contribution in [0.15, 0.2) is 33.9 Å². The molecule has 1 heterocycles. The van der Waals surface area contributed by atoms with Crippen molar-refractivity contribution in [1.82, 2.24) is 10.6 Å². The average Bonchev–Trinajstić information content (AvgIpc) is 2.54. The second-order valence-corrected chi connectivity index (χ2v) is 6.08. The van der Waals surface area contributed by atoms with Gasteiger partial charge in [0, 0.05) is 15.5 Å². The van der Waals surface area contributed by atoms with Crippen LogP contribution in [-0.4, -0.2) is 31.0 Å². The number of carbonyl (C=O) groups is 2. The molecular weight excluding hydrogens is 432 g/mol. The third-order valence-corrected chi connectivity index (χ3v) is 4.58. The van der Waals surface area contributed by atoms with E-state index in [1.54, 1.807) is 32.2 Å². The van der Waals surface area contributed by atoms with Crippen molar-refractivity contribution >= 4 is 43.9 Å². The predicted octanol–water partition coefficient (Wildman–Crippen LogP) is 3.02. The summed E-state index contributed by atoms with van der Waals surface area (Å²) in [7, 11) is 1.56. The summed E-state index contributed by atoms with van der Waals surface area (Å²) >= 11 is 6.76. The molecule has 1 aromatic carbocycles. The number of esters is 1. The summed E-state index contributed by atoms with van der Waals surface area (Å²) < 4.78 is 11.1. The van der Waals surface area contributed by atoms with Crippen LogP contribution in [0.5, 0.6) is 5.75 Å². The second kappa shape index (κ2) is 7.83. The van der Waals surface area contributed by atoms with E-state index in [1.807, 2.05) is 0 Å². The van der Waals surface area contributed by atoms with E-state index in [2.05, 4.69) is 42.5 Å². The highest BCUT2D eigenvalue weighted by Crippen LogP contribution is 2.35. The number of amides is 2. The molecule has 0 radical (unpaired) electrons. The minimum absolute atomic E-state index is 0.248. The first-order valence-electron chi connectivity index (χ1n) is 6.88. The number of urea groups is 1. The van der Waals surface area contributed by atoms with Gasteiger partial charge in [-0.25, -0.2) is 9.59 Å². The summed E-state index contributed by atoms with van der Waals surface area (Å²) in [6.07, 6.45) is 0. The lowest BCUT2D eigenvalue weighted by molar-refractivity contribution is -0.139. The van der Waals surface area contributed by atoms with Crippen LogP contribution >= 0.6 is 31.9 Å². The van der Waals surface area contributed by atoms with Gasteiger partial charge in [-0.15, -0.1) is 0 Å². The molecule has 0 unspecified atom stereocenters. The normalized spacial score (nSPS) is 17.4. The fraction of sp³-hybridized carbons (Fsp3) is 0.333. The van der Waals surface area contributed by atoms with Crippen LogP contribution in [0, 0.1) is 0 Å². The first kappa shape index (κ1) is 17.8. The van der Waals surface area contributed by atoms with Crippen molar-refractivity contribution in [2.45, 2.75) is 13.0 Å². The molecule has 6 nitrogen and oxygen atoms in total. The smallest absolute Gasteiger partial charge is 0.338 e. The molecule has 23 heavy (non-hydrogen) atoms. The molecule has 0 aromatic heterocycles. The van der Waals surface area contributed by atoms with Gasteiger partial charge in [0.25, 0.3) is 0 Å². The number of carbonyl (C=O) groups excluding carboxylic acids is 2. The SMILES string of the molecule is CCOC(=O)C1=C(CBr)NC(=O)N[C@H]1c1cc(OC)ccc1Br. The van der Waals surface area contributed by atoms with Crippen molar-refractivity contribution in [3.05, 3.63) is 39.5 Å². The Kier molecular flexibility index (Phi) is 6.06. The molecule has 0 saturated carbocycles. The Morgan fingerprint density at radius 1 is 1.39 bits per heavy atom. The molecule has 0 aliphatic carbocycles. The van der Waals surface area contributed by atoms with E-state index in [0.29, 0.717) is 27.9 Å². The zero-order valence-electron chi connectivity index (χ0n) is 12.6. The molecule has 1 aliphatic heterocycles. The fourth-order valence-electron chi connectivity index (χ4n) is 2.28. The maximum absolute atomic E-state index is 12.4. The number of alkyl halides is 1. The van der Waals surface area contributed by atoms with Gasteiger partial charge in [0.1, 0.15) is 5.75 Å². The quantitative estimate of drug-likeness (QED) is 0.537.